The molecule has 0 spiro atoms. The third-order valence-corrected chi connectivity index (χ3v) is 8.98. The van der Waals surface area contributed by atoms with Crippen LogP contribution in [-0.2, 0) is 27.4 Å². The molecule has 0 aliphatic rings. The van der Waals surface area contributed by atoms with Gasteiger partial charge >= 0.3 is 0 Å². The van der Waals surface area contributed by atoms with Crippen LogP contribution in [0.1, 0.15) is 31.9 Å². The molecule has 0 heterocycles. The van der Waals surface area contributed by atoms with E-state index < -0.39 is 10.1 Å². The van der Waals surface area contributed by atoms with E-state index in [-0.39, 0.29) is 21.4 Å². The zero-order chi connectivity index (χ0) is 29.3. The normalized spacial score (nSPS) is 11.4. The third kappa shape index (κ3) is 9.35. The van der Waals surface area contributed by atoms with Gasteiger partial charge in [0.05, 0.1) is 15.8 Å². The molecule has 0 saturated heterocycles. The summed E-state index contributed by atoms with van der Waals surface area (Å²) in [6, 6.07) is 45.8. The summed E-state index contributed by atoms with van der Waals surface area (Å²) >= 11 is 0. The van der Waals surface area contributed by atoms with E-state index in [1.807, 2.05) is 30.3 Å². The fourth-order valence-corrected chi connectivity index (χ4v) is 6.68. The van der Waals surface area contributed by atoms with E-state index in [4.69, 9.17) is 4.74 Å². The fraction of sp³-hybridized carbons (Fsp3) is 0.143. The van der Waals surface area contributed by atoms with Gasteiger partial charge in [-0.2, -0.15) is 0 Å². The Morgan fingerprint density at radius 1 is 0.585 bits per heavy atom. The first-order valence-electron chi connectivity index (χ1n) is 13.3. The second-order valence-corrected chi connectivity index (χ2v) is 13.8. The van der Waals surface area contributed by atoms with Gasteiger partial charge in [-0.1, -0.05) is 78.9 Å². The number of ether oxygens (including phenoxy) is 1. The lowest BCUT2D eigenvalue weighted by atomic mass is 10.1. The molecule has 0 saturated carbocycles. The molecule has 0 aromatic heterocycles. The minimum atomic E-state index is -4.34. The van der Waals surface area contributed by atoms with Crippen LogP contribution in [0.3, 0.4) is 0 Å². The van der Waals surface area contributed by atoms with Gasteiger partial charge in [0.1, 0.15) is 21.5 Å². The van der Waals surface area contributed by atoms with Gasteiger partial charge in [0.25, 0.3) is 0 Å². The van der Waals surface area contributed by atoms with E-state index in [0.717, 1.165) is 23.3 Å². The average Bonchev–Trinajstić information content (AvgIpc) is 2.95. The molecule has 5 rings (SSSR count). The van der Waals surface area contributed by atoms with Crippen molar-refractivity contribution in [3.05, 3.63) is 151 Å². The van der Waals surface area contributed by atoms with E-state index >= 15 is 0 Å². The number of benzene rings is 5. The van der Waals surface area contributed by atoms with E-state index in [0.29, 0.717) is 0 Å². The monoisotopic (exact) mass is 582 g/mol. The second kappa shape index (κ2) is 13.7. The Bertz CT molecular complexity index is 1560. The molecule has 5 aromatic carbocycles. The molecule has 4 nitrogen and oxygen atoms in total. The Kier molecular flexibility index (Phi) is 10.1. The smallest absolute Gasteiger partial charge is 0.166 e. The van der Waals surface area contributed by atoms with Crippen molar-refractivity contribution in [3.63, 3.8) is 0 Å². The molecule has 210 valence electrons. The summed E-state index contributed by atoms with van der Waals surface area (Å²) in [5.41, 5.74) is 1.94. The van der Waals surface area contributed by atoms with Crippen LogP contribution in [-0.4, -0.2) is 18.6 Å². The van der Waals surface area contributed by atoms with Gasteiger partial charge in [-0.05, 0) is 99.0 Å². The Balaban J connectivity index is 0.000000201. The standard InChI is InChI=1S/C22H23OS.C13H12O3S/c1-22(2,3)23-18-14-16-21(17-15-18)24(19-10-6-4-7-11-19)20-12-8-5-9-13-20;14-17(15,16)13-8-6-12(7-9-13)10-11-4-2-1-3-5-11/h4-17H,1-3H3;1-9H,10H2,(H,14,15,16)/q+1;/p-1. The van der Waals surface area contributed by atoms with E-state index in [2.05, 4.69) is 106 Å². The first kappa shape index (κ1) is 30.1. The number of hydrogen-bond acceptors (Lipinski definition) is 4. The van der Waals surface area contributed by atoms with Crippen molar-refractivity contribution in [2.75, 3.05) is 0 Å². The Hall–Kier alpha value is -3.84. The van der Waals surface area contributed by atoms with Crippen LogP contribution in [0.5, 0.6) is 5.75 Å². The molecule has 5 aromatic rings. The molecular weight excluding hydrogens is 549 g/mol. The minimum absolute atomic E-state index is 0.102. The Morgan fingerprint density at radius 3 is 1.44 bits per heavy atom. The van der Waals surface area contributed by atoms with Gasteiger partial charge < -0.3 is 9.29 Å². The SMILES string of the molecule is CC(C)(C)Oc1ccc([S+](c2ccccc2)c2ccccc2)cc1.O=S(=O)([O-])c1ccc(Cc2ccccc2)cc1. The maximum absolute atomic E-state index is 10.7. The van der Waals surface area contributed by atoms with Crippen LogP contribution in [0.15, 0.2) is 159 Å². The van der Waals surface area contributed by atoms with Crippen LogP contribution in [0.25, 0.3) is 0 Å². The molecule has 6 heteroatoms. The van der Waals surface area contributed by atoms with Gasteiger partial charge in [-0.15, -0.1) is 0 Å². The highest BCUT2D eigenvalue weighted by atomic mass is 32.2. The summed E-state index contributed by atoms with van der Waals surface area (Å²) in [6.45, 7) is 6.21. The second-order valence-electron chi connectivity index (χ2n) is 10.4. The van der Waals surface area contributed by atoms with Gasteiger partial charge in [-0.3, -0.25) is 0 Å². The molecule has 0 aliphatic carbocycles. The average molecular weight is 583 g/mol. The van der Waals surface area contributed by atoms with Crippen LogP contribution < -0.4 is 4.74 Å². The van der Waals surface area contributed by atoms with Crippen molar-refractivity contribution in [1.82, 2.24) is 0 Å². The lowest BCUT2D eigenvalue weighted by molar-refractivity contribution is 0.131. The van der Waals surface area contributed by atoms with Crippen molar-refractivity contribution < 1.29 is 17.7 Å². The summed E-state index contributed by atoms with van der Waals surface area (Å²) in [5.74, 6) is 0.913. The Morgan fingerprint density at radius 2 is 1.00 bits per heavy atom. The summed E-state index contributed by atoms with van der Waals surface area (Å²) in [5, 5.41) is 0. The molecular formula is C35H34O4S2. The lowest BCUT2D eigenvalue weighted by Crippen LogP contribution is -2.22. The molecule has 0 amide bonds. The van der Waals surface area contributed by atoms with Gasteiger partial charge in [0.2, 0.25) is 0 Å². The predicted molar refractivity (Wildman–Crippen MR) is 166 cm³/mol. The minimum Gasteiger partial charge on any atom is -0.744 e. The van der Waals surface area contributed by atoms with Gasteiger partial charge in [0.15, 0.2) is 14.7 Å². The summed E-state index contributed by atoms with van der Waals surface area (Å²) in [7, 11) is -4.44. The topological polar surface area (TPSA) is 66.4 Å². The van der Waals surface area contributed by atoms with Crippen molar-refractivity contribution in [2.24, 2.45) is 0 Å². The van der Waals surface area contributed by atoms with Crippen molar-refractivity contribution >= 4 is 21.0 Å². The lowest BCUT2D eigenvalue weighted by Gasteiger charge is -2.21. The van der Waals surface area contributed by atoms with Crippen molar-refractivity contribution in [1.29, 1.82) is 0 Å². The summed E-state index contributed by atoms with van der Waals surface area (Å²) < 4.78 is 38.2. The zero-order valence-electron chi connectivity index (χ0n) is 23.4. The van der Waals surface area contributed by atoms with Crippen LogP contribution in [0, 0.1) is 0 Å². The molecule has 41 heavy (non-hydrogen) atoms. The highest BCUT2D eigenvalue weighted by Gasteiger charge is 2.28. The van der Waals surface area contributed by atoms with Crippen LogP contribution in [0.2, 0.25) is 0 Å². The van der Waals surface area contributed by atoms with E-state index in [1.54, 1.807) is 12.1 Å². The Labute approximate surface area is 246 Å². The predicted octanol–water partition coefficient (Wildman–Crippen LogP) is 8.14. The molecule has 0 bridgehead atoms. The number of rotatable bonds is 7. The van der Waals surface area contributed by atoms with Gasteiger partial charge in [-0.25, -0.2) is 8.42 Å². The van der Waals surface area contributed by atoms with Crippen LogP contribution >= 0.6 is 0 Å². The fourth-order valence-electron chi connectivity index (χ4n) is 4.12. The highest BCUT2D eigenvalue weighted by Crippen LogP contribution is 2.32. The molecule has 0 N–H and O–H groups in total. The summed E-state index contributed by atoms with van der Waals surface area (Å²) in [6.07, 6.45) is 0.722. The van der Waals surface area contributed by atoms with E-state index in [9.17, 15) is 13.0 Å². The van der Waals surface area contributed by atoms with E-state index in [1.165, 1.54) is 26.8 Å². The molecule has 0 radical (unpaired) electrons. The summed E-state index contributed by atoms with van der Waals surface area (Å²) in [4.78, 5) is 3.77. The maximum Gasteiger partial charge on any atom is 0.166 e. The van der Waals surface area contributed by atoms with Crippen LogP contribution in [0.4, 0.5) is 0 Å². The molecule has 0 atom stereocenters. The first-order valence-corrected chi connectivity index (χ1v) is 15.9. The zero-order valence-corrected chi connectivity index (χ0v) is 25.1. The molecule has 0 aliphatic heterocycles. The highest BCUT2D eigenvalue weighted by molar-refractivity contribution is 7.97. The molecule has 0 fully saturated rings. The maximum atomic E-state index is 10.7. The molecule has 0 unspecified atom stereocenters. The quantitative estimate of drug-likeness (QED) is 0.144. The van der Waals surface area contributed by atoms with Crippen molar-refractivity contribution in [3.8, 4) is 5.75 Å². The number of hydrogen-bond donors (Lipinski definition) is 0. The van der Waals surface area contributed by atoms with Gasteiger partial charge in [0, 0.05) is 0 Å². The largest absolute Gasteiger partial charge is 0.744 e. The first-order chi connectivity index (χ1) is 19.6. The van der Waals surface area contributed by atoms with Crippen molar-refractivity contribution in [2.45, 2.75) is 52.4 Å². The third-order valence-electron chi connectivity index (χ3n) is 5.90.